The monoisotopic (exact) mass is 343 g/mol. The van der Waals surface area contributed by atoms with E-state index in [4.69, 9.17) is 0 Å². The first-order valence-electron chi connectivity index (χ1n) is 9.75. The first-order valence-corrected chi connectivity index (χ1v) is 9.75. The summed E-state index contributed by atoms with van der Waals surface area (Å²) in [4.78, 5) is 22.4. The van der Waals surface area contributed by atoms with Gasteiger partial charge in [-0.05, 0) is 63.5 Å². The third-order valence-electron chi connectivity index (χ3n) is 6.51. The van der Waals surface area contributed by atoms with Crippen LogP contribution in [-0.2, 0) is 4.79 Å². The van der Waals surface area contributed by atoms with E-state index >= 15 is 0 Å². The fourth-order valence-electron chi connectivity index (χ4n) is 5.07. The van der Waals surface area contributed by atoms with Crippen molar-refractivity contribution >= 4 is 11.7 Å². The second-order valence-corrected chi connectivity index (χ2v) is 8.16. The van der Waals surface area contributed by atoms with Gasteiger partial charge in [0.05, 0.1) is 11.5 Å². The molecule has 5 nitrogen and oxygen atoms in total. The molecular weight excluding hydrogens is 314 g/mol. The molecule has 3 heterocycles. The highest BCUT2D eigenvalue weighted by Crippen LogP contribution is 2.43. The van der Waals surface area contributed by atoms with Crippen LogP contribution >= 0.6 is 0 Å². The van der Waals surface area contributed by atoms with Gasteiger partial charge in [0, 0.05) is 31.9 Å². The van der Waals surface area contributed by atoms with Crippen molar-refractivity contribution in [1.82, 2.24) is 9.88 Å². The zero-order valence-corrected chi connectivity index (χ0v) is 15.2. The topological polar surface area (TPSA) is 56.7 Å². The number of piperidine rings is 1. The summed E-state index contributed by atoms with van der Waals surface area (Å²) in [5, 5.41) is 9.75. The molecule has 25 heavy (non-hydrogen) atoms. The van der Waals surface area contributed by atoms with Gasteiger partial charge in [-0.25, -0.2) is 4.98 Å². The average molecular weight is 343 g/mol. The summed E-state index contributed by atoms with van der Waals surface area (Å²) in [5.74, 6) is 1.39. The van der Waals surface area contributed by atoms with Crippen molar-refractivity contribution in [3.05, 3.63) is 23.9 Å². The lowest BCUT2D eigenvalue weighted by molar-refractivity contribution is -0.139. The maximum absolute atomic E-state index is 13.3. The van der Waals surface area contributed by atoms with E-state index in [0.29, 0.717) is 11.9 Å². The second kappa shape index (κ2) is 6.60. The number of nitrogens with zero attached hydrogens (tertiary/aromatic N) is 3. The Morgan fingerprint density at radius 3 is 2.76 bits per heavy atom. The van der Waals surface area contributed by atoms with E-state index in [1.807, 2.05) is 12.3 Å². The number of aliphatic hydroxyl groups is 1. The largest absolute Gasteiger partial charge is 0.393 e. The Morgan fingerprint density at radius 1 is 1.20 bits per heavy atom. The highest BCUT2D eigenvalue weighted by Gasteiger charge is 2.50. The van der Waals surface area contributed by atoms with E-state index in [2.05, 4.69) is 27.8 Å². The van der Waals surface area contributed by atoms with Crippen LogP contribution in [0.3, 0.4) is 0 Å². The molecule has 1 amide bonds. The van der Waals surface area contributed by atoms with Crippen LogP contribution < -0.4 is 4.90 Å². The average Bonchev–Trinajstić information content (AvgIpc) is 2.92. The van der Waals surface area contributed by atoms with E-state index < -0.39 is 0 Å². The van der Waals surface area contributed by atoms with Crippen molar-refractivity contribution in [3.63, 3.8) is 0 Å². The standard InChI is InChI=1S/C20H29N3O2/c1-15-4-2-11-21-18(15)22-12-3-9-20(14-22)10-13-23(19(20)25)16-5-7-17(24)8-6-16/h2,4,11,16-17,24H,3,5-10,12-14H2,1H3/t16?,17?,20-/m1/s1. The number of aryl methyl sites for hydroxylation is 1. The highest BCUT2D eigenvalue weighted by atomic mass is 16.3. The molecule has 0 bridgehead atoms. The first-order chi connectivity index (χ1) is 12.1. The fourth-order valence-corrected chi connectivity index (χ4v) is 5.07. The Labute approximate surface area is 150 Å². The number of hydrogen-bond donors (Lipinski definition) is 1. The molecule has 0 radical (unpaired) electrons. The molecule has 136 valence electrons. The molecule has 1 aliphatic carbocycles. The SMILES string of the molecule is Cc1cccnc1N1CCC[C@@]2(CCN(C3CCC(O)CC3)C2=O)C1. The van der Waals surface area contributed by atoms with Gasteiger partial charge >= 0.3 is 0 Å². The summed E-state index contributed by atoms with van der Waals surface area (Å²) >= 11 is 0. The minimum atomic E-state index is -0.224. The molecule has 2 saturated heterocycles. The lowest BCUT2D eigenvalue weighted by Crippen LogP contribution is -2.50. The molecule has 5 heteroatoms. The number of likely N-dealkylation sites (tertiary alicyclic amines) is 1. The van der Waals surface area contributed by atoms with Gasteiger partial charge in [-0.3, -0.25) is 4.79 Å². The Hall–Kier alpha value is -1.62. The van der Waals surface area contributed by atoms with Crippen LogP contribution in [0, 0.1) is 12.3 Å². The second-order valence-electron chi connectivity index (χ2n) is 8.16. The molecule has 3 aliphatic rings. The highest BCUT2D eigenvalue weighted by molar-refractivity contribution is 5.86. The van der Waals surface area contributed by atoms with Crippen molar-refractivity contribution < 1.29 is 9.90 Å². The Kier molecular flexibility index (Phi) is 4.44. The summed E-state index contributed by atoms with van der Waals surface area (Å²) in [7, 11) is 0. The Morgan fingerprint density at radius 2 is 2.00 bits per heavy atom. The molecule has 1 aromatic rings. The number of hydrogen-bond acceptors (Lipinski definition) is 4. The van der Waals surface area contributed by atoms with E-state index in [1.165, 1.54) is 5.56 Å². The van der Waals surface area contributed by atoms with Gasteiger partial charge in [0.25, 0.3) is 0 Å². The molecule has 1 atom stereocenters. The van der Waals surface area contributed by atoms with Gasteiger partial charge in [-0.15, -0.1) is 0 Å². The van der Waals surface area contributed by atoms with Gasteiger partial charge < -0.3 is 14.9 Å². The van der Waals surface area contributed by atoms with Crippen LogP contribution in [0.4, 0.5) is 5.82 Å². The number of aromatic nitrogens is 1. The number of aliphatic hydroxyl groups excluding tert-OH is 1. The van der Waals surface area contributed by atoms with Crippen LogP contribution in [-0.4, -0.2) is 52.7 Å². The van der Waals surface area contributed by atoms with Crippen LogP contribution in [0.1, 0.15) is 50.5 Å². The summed E-state index contributed by atoms with van der Waals surface area (Å²) in [5.41, 5.74) is 0.960. The zero-order chi connectivity index (χ0) is 17.4. The predicted molar refractivity (Wildman–Crippen MR) is 97.4 cm³/mol. The summed E-state index contributed by atoms with van der Waals surface area (Å²) in [6.45, 7) is 4.77. The van der Waals surface area contributed by atoms with Crippen molar-refractivity contribution in [2.45, 2.75) is 64.0 Å². The first kappa shape index (κ1) is 16.8. The molecule has 1 spiro atoms. The quantitative estimate of drug-likeness (QED) is 0.896. The van der Waals surface area contributed by atoms with Crippen LogP contribution in [0.25, 0.3) is 0 Å². The Balaban J connectivity index is 1.50. The molecule has 0 aromatic carbocycles. The minimum absolute atomic E-state index is 0.166. The number of anilines is 1. The third-order valence-corrected chi connectivity index (χ3v) is 6.51. The fraction of sp³-hybridized carbons (Fsp3) is 0.700. The van der Waals surface area contributed by atoms with Crippen molar-refractivity contribution in [2.24, 2.45) is 5.41 Å². The number of pyridine rings is 1. The maximum atomic E-state index is 13.3. The summed E-state index contributed by atoms with van der Waals surface area (Å²) in [6.07, 6.45) is 8.27. The maximum Gasteiger partial charge on any atom is 0.230 e. The van der Waals surface area contributed by atoms with E-state index in [-0.39, 0.29) is 11.5 Å². The van der Waals surface area contributed by atoms with Gasteiger partial charge in [-0.2, -0.15) is 0 Å². The summed E-state index contributed by atoms with van der Waals surface area (Å²) in [6, 6.07) is 4.40. The van der Waals surface area contributed by atoms with Crippen LogP contribution in [0.5, 0.6) is 0 Å². The van der Waals surface area contributed by atoms with Crippen LogP contribution in [0.2, 0.25) is 0 Å². The molecule has 0 unspecified atom stereocenters. The number of carbonyl (C=O) groups excluding carboxylic acids is 1. The number of carbonyl (C=O) groups is 1. The molecule has 4 rings (SSSR count). The normalized spacial score (nSPS) is 33.3. The van der Waals surface area contributed by atoms with E-state index in [1.54, 1.807) is 0 Å². The number of rotatable bonds is 2. The van der Waals surface area contributed by atoms with E-state index in [0.717, 1.165) is 70.4 Å². The number of amides is 1. The van der Waals surface area contributed by atoms with Crippen molar-refractivity contribution in [1.29, 1.82) is 0 Å². The van der Waals surface area contributed by atoms with Gasteiger partial charge in [0.1, 0.15) is 5.82 Å². The lowest BCUT2D eigenvalue weighted by atomic mass is 9.78. The zero-order valence-electron chi connectivity index (χ0n) is 15.2. The van der Waals surface area contributed by atoms with Crippen LogP contribution in [0.15, 0.2) is 18.3 Å². The molecular formula is C20H29N3O2. The smallest absolute Gasteiger partial charge is 0.230 e. The summed E-state index contributed by atoms with van der Waals surface area (Å²) < 4.78 is 0. The Bertz CT molecular complexity index is 642. The lowest BCUT2D eigenvalue weighted by Gasteiger charge is -2.41. The molecule has 2 aliphatic heterocycles. The predicted octanol–water partition coefficient (Wildman–Crippen LogP) is 2.51. The van der Waals surface area contributed by atoms with Crippen molar-refractivity contribution in [2.75, 3.05) is 24.5 Å². The van der Waals surface area contributed by atoms with E-state index in [9.17, 15) is 9.90 Å². The van der Waals surface area contributed by atoms with Gasteiger partial charge in [-0.1, -0.05) is 6.07 Å². The molecule has 3 fully saturated rings. The van der Waals surface area contributed by atoms with Crippen molar-refractivity contribution in [3.8, 4) is 0 Å². The molecule has 1 aromatic heterocycles. The third kappa shape index (κ3) is 3.03. The van der Waals surface area contributed by atoms with Gasteiger partial charge in [0.15, 0.2) is 0 Å². The van der Waals surface area contributed by atoms with Gasteiger partial charge in [0.2, 0.25) is 5.91 Å². The molecule has 1 saturated carbocycles. The molecule has 1 N–H and O–H groups in total. The minimum Gasteiger partial charge on any atom is -0.393 e.